The van der Waals surface area contributed by atoms with E-state index in [0.717, 1.165) is 16.7 Å². The van der Waals surface area contributed by atoms with Gasteiger partial charge >= 0.3 is 0 Å². The van der Waals surface area contributed by atoms with Crippen LogP contribution in [-0.4, -0.2) is 11.7 Å². The van der Waals surface area contributed by atoms with Crippen LogP contribution in [0.1, 0.15) is 22.8 Å². The van der Waals surface area contributed by atoms with Gasteiger partial charge in [0.25, 0.3) is 0 Å². The molecule has 0 amide bonds. The summed E-state index contributed by atoms with van der Waals surface area (Å²) >= 11 is 18.6. The monoisotopic (exact) mass is 435 g/mol. The first kappa shape index (κ1) is 21.0. The Balaban J connectivity index is 1.64. The van der Waals surface area contributed by atoms with Gasteiger partial charge in [0.1, 0.15) is 12.4 Å². The van der Waals surface area contributed by atoms with Crippen molar-refractivity contribution in [3.05, 3.63) is 98.5 Å². The molecule has 3 aromatic rings. The van der Waals surface area contributed by atoms with Crippen molar-refractivity contribution < 1.29 is 9.84 Å². The molecule has 3 aromatic carbocycles. The van der Waals surface area contributed by atoms with Crippen molar-refractivity contribution in [3.8, 4) is 5.75 Å². The zero-order chi connectivity index (χ0) is 19.9. The van der Waals surface area contributed by atoms with Crippen LogP contribution in [0.15, 0.2) is 66.7 Å². The van der Waals surface area contributed by atoms with E-state index in [1.807, 2.05) is 42.5 Å². The van der Waals surface area contributed by atoms with Gasteiger partial charge in [-0.2, -0.15) is 0 Å². The van der Waals surface area contributed by atoms with Crippen molar-refractivity contribution in [2.45, 2.75) is 19.3 Å². The number of aliphatic hydroxyl groups excluding tert-OH is 1. The normalized spacial score (nSPS) is 12.0. The van der Waals surface area contributed by atoms with Gasteiger partial charge in [-0.1, -0.05) is 71.2 Å². The van der Waals surface area contributed by atoms with Crippen LogP contribution in [-0.2, 0) is 13.2 Å². The quantitative estimate of drug-likeness (QED) is 0.452. The molecule has 0 aromatic heterocycles. The van der Waals surface area contributed by atoms with E-state index in [2.05, 4.69) is 5.32 Å². The van der Waals surface area contributed by atoms with E-state index in [4.69, 9.17) is 39.5 Å². The van der Waals surface area contributed by atoms with Crippen LogP contribution in [0.4, 0.5) is 0 Å². The van der Waals surface area contributed by atoms with Gasteiger partial charge in [-0.05, 0) is 35.9 Å². The smallest absolute Gasteiger partial charge is 0.124 e. The van der Waals surface area contributed by atoms with Crippen LogP contribution in [0.2, 0.25) is 15.1 Å². The van der Waals surface area contributed by atoms with Crippen LogP contribution in [0, 0.1) is 0 Å². The number of ether oxygens (including phenoxy) is 1. The second-order valence-electron chi connectivity index (χ2n) is 6.30. The lowest BCUT2D eigenvalue weighted by Gasteiger charge is -2.16. The summed E-state index contributed by atoms with van der Waals surface area (Å²) in [7, 11) is 0. The largest absolute Gasteiger partial charge is 0.488 e. The van der Waals surface area contributed by atoms with E-state index in [0.29, 0.717) is 33.9 Å². The highest BCUT2D eigenvalue weighted by Gasteiger charge is 2.11. The fraction of sp³-hybridized carbons (Fsp3) is 0.182. The Kier molecular flexibility index (Phi) is 7.60. The number of rotatable bonds is 8. The molecule has 3 rings (SSSR count). The zero-order valence-electron chi connectivity index (χ0n) is 15.0. The van der Waals surface area contributed by atoms with Crippen LogP contribution >= 0.6 is 34.8 Å². The maximum absolute atomic E-state index is 10.3. The van der Waals surface area contributed by atoms with Gasteiger partial charge in [0.05, 0.1) is 6.10 Å². The van der Waals surface area contributed by atoms with E-state index in [1.54, 1.807) is 24.3 Å². The van der Waals surface area contributed by atoms with Crippen molar-refractivity contribution in [3.63, 3.8) is 0 Å². The molecule has 0 spiro atoms. The summed E-state index contributed by atoms with van der Waals surface area (Å²) in [6, 6.07) is 20.3. The molecule has 6 heteroatoms. The Morgan fingerprint density at radius 3 is 2.32 bits per heavy atom. The standard InChI is InChI=1S/C22H20Cl3NO2/c23-17-9-10-22(28-14-18-19(24)7-4-8-20(18)25)16(11-17)12-26-13-21(27)15-5-2-1-3-6-15/h1-11,21,26-27H,12-14H2. The molecular weight excluding hydrogens is 417 g/mol. The Hall–Kier alpha value is -1.75. The molecule has 1 atom stereocenters. The van der Waals surface area contributed by atoms with Gasteiger partial charge in [-0.3, -0.25) is 0 Å². The van der Waals surface area contributed by atoms with Crippen LogP contribution in [0.3, 0.4) is 0 Å². The minimum absolute atomic E-state index is 0.250. The van der Waals surface area contributed by atoms with E-state index in [1.165, 1.54) is 0 Å². The SMILES string of the molecule is OC(CNCc1cc(Cl)ccc1OCc1c(Cl)cccc1Cl)c1ccccc1. The molecule has 0 aliphatic heterocycles. The summed E-state index contributed by atoms with van der Waals surface area (Å²) in [6.07, 6.45) is -0.591. The molecule has 0 fully saturated rings. The summed E-state index contributed by atoms with van der Waals surface area (Å²) in [6.45, 7) is 1.15. The van der Waals surface area contributed by atoms with Gasteiger partial charge in [0.2, 0.25) is 0 Å². The number of hydrogen-bond donors (Lipinski definition) is 2. The minimum Gasteiger partial charge on any atom is -0.488 e. The molecule has 28 heavy (non-hydrogen) atoms. The van der Waals surface area contributed by atoms with Gasteiger partial charge in [0.15, 0.2) is 0 Å². The number of halogens is 3. The van der Waals surface area contributed by atoms with E-state index in [9.17, 15) is 5.11 Å². The van der Waals surface area contributed by atoms with Crippen molar-refractivity contribution in [1.29, 1.82) is 0 Å². The predicted octanol–water partition coefficient (Wildman–Crippen LogP) is 6.05. The van der Waals surface area contributed by atoms with Gasteiger partial charge in [-0.15, -0.1) is 0 Å². The summed E-state index contributed by atoms with van der Waals surface area (Å²) in [4.78, 5) is 0. The summed E-state index contributed by atoms with van der Waals surface area (Å²) in [5.74, 6) is 0.682. The first-order chi connectivity index (χ1) is 13.5. The number of benzene rings is 3. The third kappa shape index (κ3) is 5.63. The summed E-state index contributed by atoms with van der Waals surface area (Å²) in [5.41, 5.74) is 2.49. The highest BCUT2D eigenvalue weighted by Crippen LogP contribution is 2.28. The Morgan fingerprint density at radius 1 is 0.893 bits per heavy atom. The van der Waals surface area contributed by atoms with Crippen LogP contribution in [0.25, 0.3) is 0 Å². The van der Waals surface area contributed by atoms with Gasteiger partial charge in [-0.25, -0.2) is 0 Å². The lowest BCUT2D eigenvalue weighted by Crippen LogP contribution is -2.21. The van der Waals surface area contributed by atoms with Gasteiger partial charge < -0.3 is 15.2 Å². The molecule has 0 aliphatic rings. The number of aliphatic hydroxyl groups is 1. The van der Waals surface area contributed by atoms with Crippen LogP contribution < -0.4 is 10.1 Å². The molecular formula is C22H20Cl3NO2. The summed E-state index contributed by atoms with van der Waals surface area (Å²) < 4.78 is 5.95. The van der Waals surface area contributed by atoms with Crippen molar-refractivity contribution >= 4 is 34.8 Å². The minimum atomic E-state index is -0.591. The van der Waals surface area contributed by atoms with Gasteiger partial charge in [0, 0.05) is 39.3 Å². The Bertz CT molecular complexity index is 899. The predicted molar refractivity (Wildman–Crippen MR) is 115 cm³/mol. The average Bonchev–Trinajstić information content (AvgIpc) is 2.69. The third-order valence-corrected chi connectivity index (χ3v) is 5.24. The first-order valence-electron chi connectivity index (χ1n) is 8.82. The second kappa shape index (κ2) is 10.1. The molecule has 0 saturated carbocycles. The average molecular weight is 437 g/mol. The van der Waals surface area contributed by atoms with E-state index < -0.39 is 6.10 Å². The lowest BCUT2D eigenvalue weighted by molar-refractivity contribution is 0.174. The molecule has 1 unspecified atom stereocenters. The lowest BCUT2D eigenvalue weighted by atomic mass is 10.1. The van der Waals surface area contributed by atoms with E-state index >= 15 is 0 Å². The maximum atomic E-state index is 10.3. The van der Waals surface area contributed by atoms with Crippen molar-refractivity contribution in [2.24, 2.45) is 0 Å². The molecule has 0 bridgehead atoms. The molecule has 3 nitrogen and oxygen atoms in total. The number of hydrogen-bond acceptors (Lipinski definition) is 3. The molecule has 2 N–H and O–H groups in total. The fourth-order valence-corrected chi connectivity index (χ4v) is 3.48. The first-order valence-corrected chi connectivity index (χ1v) is 9.96. The maximum Gasteiger partial charge on any atom is 0.124 e. The molecule has 0 radical (unpaired) electrons. The molecule has 0 aliphatic carbocycles. The molecule has 146 valence electrons. The number of nitrogens with one attached hydrogen (secondary N) is 1. The second-order valence-corrected chi connectivity index (χ2v) is 7.55. The third-order valence-electron chi connectivity index (χ3n) is 4.29. The highest BCUT2D eigenvalue weighted by molar-refractivity contribution is 6.36. The van der Waals surface area contributed by atoms with Crippen molar-refractivity contribution in [1.82, 2.24) is 5.32 Å². The van der Waals surface area contributed by atoms with E-state index in [-0.39, 0.29) is 6.61 Å². The molecule has 0 heterocycles. The Morgan fingerprint density at radius 2 is 1.61 bits per heavy atom. The topological polar surface area (TPSA) is 41.5 Å². The Labute approximate surface area is 179 Å². The highest BCUT2D eigenvalue weighted by atomic mass is 35.5. The summed E-state index contributed by atoms with van der Waals surface area (Å²) in [5, 5.41) is 15.3. The van der Waals surface area contributed by atoms with Crippen molar-refractivity contribution in [2.75, 3.05) is 6.54 Å². The zero-order valence-corrected chi connectivity index (χ0v) is 17.3. The molecule has 0 saturated heterocycles. The van der Waals surface area contributed by atoms with Crippen LogP contribution in [0.5, 0.6) is 5.75 Å². The fourth-order valence-electron chi connectivity index (χ4n) is 2.78.